The number of ether oxygens (including phenoxy) is 1. The normalized spacial score (nSPS) is 21.6. The van der Waals surface area contributed by atoms with E-state index in [-0.39, 0.29) is 18.0 Å². The smallest absolute Gasteiger partial charge is 0.254 e. The summed E-state index contributed by atoms with van der Waals surface area (Å²) in [5.74, 6) is 2.66. The number of aromatic nitrogens is 3. The van der Waals surface area contributed by atoms with Gasteiger partial charge >= 0.3 is 0 Å². The maximum Gasteiger partial charge on any atom is 0.254 e. The van der Waals surface area contributed by atoms with Gasteiger partial charge in [0.2, 0.25) is 0 Å². The van der Waals surface area contributed by atoms with E-state index >= 15 is 0 Å². The van der Waals surface area contributed by atoms with Crippen molar-refractivity contribution in [2.75, 3.05) is 13.7 Å². The maximum absolute atomic E-state index is 13.7. The zero-order chi connectivity index (χ0) is 29.2. The molecule has 0 radical (unpaired) electrons. The highest BCUT2D eigenvalue weighted by molar-refractivity contribution is 6.00. The first-order valence-electron chi connectivity index (χ1n) is 15.5. The van der Waals surface area contributed by atoms with Gasteiger partial charge in [-0.3, -0.25) is 4.79 Å². The van der Waals surface area contributed by atoms with E-state index < -0.39 is 0 Å². The Balaban J connectivity index is 1.20. The first kappa shape index (κ1) is 26.3. The number of fused-ring (bicyclic) bond motifs is 4. The van der Waals surface area contributed by atoms with Crippen molar-refractivity contribution in [1.29, 1.82) is 0 Å². The Morgan fingerprint density at radius 3 is 2.53 bits per heavy atom. The Morgan fingerprint density at radius 1 is 1.00 bits per heavy atom. The minimum atomic E-state index is 0.0222. The van der Waals surface area contributed by atoms with Crippen molar-refractivity contribution in [3.8, 4) is 17.3 Å². The molecule has 7 nitrogen and oxygen atoms in total. The highest BCUT2D eigenvalue weighted by Gasteiger charge is 2.47. The van der Waals surface area contributed by atoms with E-state index in [0.717, 1.165) is 54.0 Å². The topological polar surface area (TPSA) is 78.3 Å². The molecule has 2 bridgehead atoms. The number of nitrogens with zero attached hydrogens (tertiary/aromatic N) is 4. The average molecular weight is 572 g/mol. The molecule has 8 rings (SSSR count). The lowest BCUT2D eigenvalue weighted by Gasteiger charge is -2.27. The number of likely N-dealkylation sites (tertiary alicyclic amines) is 1. The molecular formula is C36H37N5O2. The average Bonchev–Trinajstić information content (AvgIpc) is 3.44. The second-order valence-electron chi connectivity index (χ2n) is 12.6. The lowest BCUT2D eigenvalue weighted by molar-refractivity contribution is 0.0700. The molecule has 3 aromatic carbocycles. The lowest BCUT2D eigenvalue weighted by atomic mass is 10.1. The van der Waals surface area contributed by atoms with E-state index in [4.69, 9.17) is 15.5 Å². The second kappa shape index (κ2) is 10.1. The number of amides is 1. The number of carbonyl (C=O) groups is 1. The highest BCUT2D eigenvalue weighted by atomic mass is 16.5. The SMILES string of the molecule is COc1cc(C(=O)N2C[C@H]3CCC2[C@@H]3N)cc2nc(-c3cc4cc(/C=C/c5ccccc5)ccc4n3CC3CC3)n(C)c12. The molecule has 3 atom stereocenters. The number of rotatable bonds is 7. The number of piperidine rings is 1. The molecule has 5 aromatic rings. The van der Waals surface area contributed by atoms with E-state index in [0.29, 0.717) is 23.1 Å². The van der Waals surface area contributed by atoms with Crippen LogP contribution < -0.4 is 10.5 Å². The van der Waals surface area contributed by atoms with Gasteiger partial charge in [0.1, 0.15) is 11.3 Å². The second-order valence-corrected chi connectivity index (χ2v) is 12.6. The molecule has 2 N–H and O–H groups in total. The van der Waals surface area contributed by atoms with Gasteiger partial charge in [-0.25, -0.2) is 4.98 Å². The molecule has 1 amide bonds. The quantitative estimate of drug-likeness (QED) is 0.231. The Bertz CT molecular complexity index is 1900. The van der Waals surface area contributed by atoms with E-state index in [1.165, 1.54) is 29.3 Å². The molecule has 2 aromatic heterocycles. The predicted molar refractivity (Wildman–Crippen MR) is 172 cm³/mol. The van der Waals surface area contributed by atoms with Crippen LogP contribution in [0.25, 0.3) is 45.6 Å². The van der Waals surface area contributed by atoms with E-state index in [9.17, 15) is 4.79 Å². The van der Waals surface area contributed by atoms with Crippen LogP contribution in [-0.4, -0.2) is 50.7 Å². The Morgan fingerprint density at radius 2 is 1.81 bits per heavy atom. The number of imidazole rings is 1. The Hall–Kier alpha value is -4.36. The first-order chi connectivity index (χ1) is 21.0. The van der Waals surface area contributed by atoms with Crippen molar-refractivity contribution in [2.24, 2.45) is 24.6 Å². The Kier molecular flexibility index (Phi) is 6.19. The molecule has 43 heavy (non-hydrogen) atoms. The van der Waals surface area contributed by atoms with Crippen LogP contribution in [0.3, 0.4) is 0 Å². The highest BCUT2D eigenvalue weighted by Crippen LogP contribution is 2.40. The fraction of sp³-hybridized carbons (Fsp3) is 0.333. The minimum absolute atomic E-state index is 0.0222. The monoisotopic (exact) mass is 571 g/mol. The number of benzene rings is 3. The third-order valence-electron chi connectivity index (χ3n) is 9.88. The molecule has 0 spiro atoms. The number of carbonyl (C=O) groups excluding carboxylic acids is 1. The van der Waals surface area contributed by atoms with Crippen LogP contribution >= 0.6 is 0 Å². The summed E-state index contributed by atoms with van der Waals surface area (Å²) in [5, 5.41) is 1.20. The number of hydrogen-bond acceptors (Lipinski definition) is 4. The third-order valence-corrected chi connectivity index (χ3v) is 9.88. The molecule has 7 heteroatoms. The first-order valence-corrected chi connectivity index (χ1v) is 15.5. The summed E-state index contributed by atoms with van der Waals surface area (Å²) >= 11 is 0. The van der Waals surface area contributed by atoms with Gasteiger partial charge in [0.15, 0.2) is 5.82 Å². The summed E-state index contributed by atoms with van der Waals surface area (Å²) in [7, 11) is 3.71. The van der Waals surface area contributed by atoms with Crippen molar-refractivity contribution in [1.82, 2.24) is 19.0 Å². The molecule has 1 aliphatic heterocycles. The largest absolute Gasteiger partial charge is 0.494 e. The van der Waals surface area contributed by atoms with Gasteiger partial charge in [0.25, 0.3) is 5.91 Å². The van der Waals surface area contributed by atoms with Gasteiger partial charge in [-0.1, -0.05) is 48.6 Å². The number of hydrogen-bond donors (Lipinski definition) is 1. The fourth-order valence-corrected chi connectivity index (χ4v) is 7.36. The summed E-state index contributed by atoms with van der Waals surface area (Å²) < 4.78 is 10.4. The maximum atomic E-state index is 13.7. The summed E-state index contributed by atoms with van der Waals surface area (Å²) in [4.78, 5) is 20.8. The van der Waals surface area contributed by atoms with Crippen LogP contribution in [-0.2, 0) is 13.6 Å². The van der Waals surface area contributed by atoms with Crippen LogP contribution in [0.1, 0.15) is 47.2 Å². The molecule has 3 heterocycles. The van der Waals surface area contributed by atoms with Crippen molar-refractivity contribution >= 4 is 40.0 Å². The van der Waals surface area contributed by atoms with Gasteiger partial charge < -0.3 is 24.5 Å². The zero-order valence-corrected chi connectivity index (χ0v) is 24.7. The summed E-state index contributed by atoms with van der Waals surface area (Å²) in [6.45, 7) is 1.71. The zero-order valence-electron chi connectivity index (χ0n) is 24.7. The van der Waals surface area contributed by atoms with Crippen molar-refractivity contribution in [2.45, 2.75) is 44.3 Å². The van der Waals surface area contributed by atoms with Gasteiger partial charge in [0, 0.05) is 48.7 Å². The molecule has 1 unspecified atom stereocenters. The van der Waals surface area contributed by atoms with Crippen LogP contribution in [0, 0.1) is 11.8 Å². The van der Waals surface area contributed by atoms with Gasteiger partial charge in [-0.2, -0.15) is 0 Å². The predicted octanol–water partition coefficient (Wildman–Crippen LogP) is 6.35. The van der Waals surface area contributed by atoms with E-state index in [2.05, 4.69) is 69.8 Å². The lowest BCUT2D eigenvalue weighted by Crippen LogP contribution is -2.41. The van der Waals surface area contributed by atoms with Crippen molar-refractivity contribution in [3.05, 3.63) is 83.4 Å². The summed E-state index contributed by atoms with van der Waals surface area (Å²) in [5.41, 5.74) is 13.3. The van der Waals surface area contributed by atoms with Crippen LogP contribution in [0.4, 0.5) is 0 Å². The molecule has 2 saturated carbocycles. The standard InChI is InChI=1S/C36H37N5O2/c1-39-34-28(17-27(19-32(34)43-2)36(42)41-21-25-13-15-30(41)33(25)37)38-35(39)31-18-26-16-23(9-8-22-6-4-3-5-7-22)12-14-29(26)40(31)20-24-10-11-24/h3-9,12,14,16-19,24-25,30,33H,10-11,13,15,20-21,37H2,1-2H3/b9-8+/t25-,30?,33-/m1/s1. The number of nitrogens with two attached hydrogens (primary N) is 1. The molecule has 3 fully saturated rings. The molecule has 2 aliphatic carbocycles. The van der Waals surface area contributed by atoms with Gasteiger partial charge in [-0.15, -0.1) is 0 Å². The summed E-state index contributed by atoms with van der Waals surface area (Å²) in [6.07, 6.45) is 8.95. The van der Waals surface area contributed by atoms with Crippen LogP contribution in [0.5, 0.6) is 5.75 Å². The van der Waals surface area contributed by atoms with Crippen molar-refractivity contribution < 1.29 is 9.53 Å². The molecule has 3 aliphatic rings. The number of aryl methyl sites for hydroxylation is 1. The van der Waals surface area contributed by atoms with E-state index in [1.54, 1.807) is 7.11 Å². The Labute approximate surface area is 251 Å². The molecule has 218 valence electrons. The number of methoxy groups -OCH3 is 1. The van der Waals surface area contributed by atoms with E-state index in [1.807, 2.05) is 30.1 Å². The molecule has 1 saturated heterocycles. The van der Waals surface area contributed by atoms with Crippen LogP contribution in [0.2, 0.25) is 0 Å². The van der Waals surface area contributed by atoms with Crippen LogP contribution in [0.15, 0.2) is 66.7 Å². The van der Waals surface area contributed by atoms with Gasteiger partial charge in [-0.05, 0) is 79.0 Å². The van der Waals surface area contributed by atoms with Crippen molar-refractivity contribution in [3.63, 3.8) is 0 Å². The summed E-state index contributed by atoms with van der Waals surface area (Å²) in [6, 6.07) is 23.4. The fourth-order valence-electron chi connectivity index (χ4n) is 7.36. The third kappa shape index (κ3) is 4.45. The van der Waals surface area contributed by atoms with Gasteiger partial charge in [0.05, 0.1) is 18.3 Å². The molecular weight excluding hydrogens is 534 g/mol. The minimum Gasteiger partial charge on any atom is -0.494 e.